The van der Waals surface area contributed by atoms with Crippen LogP contribution < -0.4 is 9.62 Å². The van der Waals surface area contributed by atoms with E-state index in [0.29, 0.717) is 12.3 Å². The van der Waals surface area contributed by atoms with Crippen LogP contribution in [0.25, 0.3) is 22.0 Å². The summed E-state index contributed by atoms with van der Waals surface area (Å²) in [6.07, 6.45) is -12.1. The van der Waals surface area contributed by atoms with E-state index in [2.05, 4.69) is 32.3 Å². The van der Waals surface area contributed by atoms with Gasteiger partial charge in [-0.2, -0.15) is 49.6 Å². The van der Waals surface area contributed by atoms with E-state index in [0.717, 1.165) is 42.7 Å². The molecule has 0 bridgehead atoms. The highest BCUT2D eigenvalue weighted by Gasteiger charge is 2.68. The van der Waals surface area contributed by atoms with Gasteiger partial charge in [0.1, 0.15) is 40.9 Å². The number of ether oxygens (including phenoxy) is 1. The highest BCUT2D eigenvalue weighted by molar-refractivity contribution is 7.93. The number of phosphoric ester groups is 1. The maximum atomic E-state index is 15.7. The van der Waals surface area contributed by atoms with Gasteiger partial charge in [-0.15, -0.1) is 0 Å². The van der Waals surface area contributed by atoms with Crippen molar-refractivity contribution in [2.45, 2.75) is 128 Å². The second-order valence-corrected chi connectivity index (χ2v) is 27.9. The molecule has 1 saturated carbocycles. The molecule has 32 heteroatoms. The minimum absolute atomic E-state index is 0.171. The molecule has 1 N–H and O–H groups in total. The Morgan fingerprint density at radius 1 is 0.889 bits per heavy atom. The summed E-state index contributed by atoms with van der Waals surface area (Å²) in [5, 5.41) is 8.39. The van der Waals surface area contributed by atoms with Gasteiger partial charge in [0.05, 0.1) is 45.1 Å². The van der Waals surface area contributed by atoms with E-state index < -0.39 is 180 Å². The van der Waals surface area contributed by atoms with Gasteiger partial charge in [-0.3, -0.25) is 23.2 Å². The lowest BCUT2D eigenvalue weighted by molar-refractivity contribution is -0.143. The summed E-state index contributed by atoms with van der Waals surface area (Å²) in [6, 6.07) is 4.46. The summed E-state index contributed by atoms with van der Waals surface area (Å²) in [5.41, 5.74) is -8.76. The fourth-order valence-corrected chi connectivity index (χ4v) is 11.6. The van der Waals surface area contributed by atoms with Crippen LogP contribution in [0, 0.1) is 29.4 Å². The maximum Gasteiger partial charge on any atom is 0.478 e. The molecule has 3 atom stereocenters. The Hall–Kier alpha value is -5.83. The lowest BCUT2D eigenvalue weighted by Gasteiger charge is -2.30. The average Bonchev–Trinajstić information content (AvgIpc) is 2.20. The Bertz CT molecular complexity index is 3660. The molecule has 5 aromatic rings. The van der Waals surface area contributed by atoms with E-state index in [1.165, 1.54) is 55.4 Å². The first kappa shape index (κ1) is 62.8. The summed E-state index contributed by atoms with van der Waals surface area (Å²) in [5.74, 6) is -6.39. The van der Waals surface area contributed by atoms with Crippen LogP contribution in [-0.2, 0) is 79.1 Å². The Labute approximate surface area is 462 Å². The van der Waals surface area contributed by atoms with Crippen molar-refractivity contribution in [3.8, 4) is 23.0 Å². The molecule has 442 valence electrons. The number of sulfone groups is 1. The van der Waals surface area contributed by atoms with Crippen molar-refractivity contribution in [2.75, 3.05) is 23.6 Å². The third kappa shape index (κ3) is 14.2. The summed E-state index contributed by atoms with van der Waals surface area (Å²) < 4.78 is 234. The zero-order valence-corrected chi connectivity index (χ0v) is 47.7. The predicted octanol–water partition coefficient (Wildman–Crippen LogP) is 10.9. The SMILES string of the molecule is CC(C)(C)OP(=O)(OCOC(=O)N(c1nn(CC(F)(F)F)c2c(-c3ccc(C#CC(C)(C)S(C)(=O)=O)nc3[C@H](Cc3cc(F)cc(F)c3)NC(=O)Cn3nc(C(F)(F)F)c4c3C(F)(F)[C@@H]3C[C@H]43)ccc(Cl)c12)S(C)(=O)=O)OC(C)(C)C. The first-order chi connectivity index (χ1) is 36.8. The zero-order valence-electron chi connectivity index (χ0n) is 44.4. The Morgan fingerprint density at radius 2 is 1.48 bits per heavy atom. The fraction of sp³-hybridized carbons (Fsp3) is 0.490. The van der Waals surface area contributed by atoms with Crippen molar-refractivity contribution >= 4 is 68.0 Å². The van der Waals surface area contributed by atoms with Crippen molar-refractivity contribution in [3.63, 3.8) is 0 Å². The molecule has 18 nitrogen and oxygen atoms in total. The van der Waals surface area contributed by atoms with E-state index in [9.17, 15) is 66.1 Å². The minimum Gasteiger partial charge on any atom is -0.421 e. The number of halogens is 11. The first-order valence-corrected chi connectivity index (χ1v) is 29.5. The number of phosphoric acid groups is 1. The van der Waals surface area contributed by atoms with Gasteiger partial charge >= 0.3 is 26.3 Å². The molecule has 3 heterocycles. The number of anilines is 1. The Balaban J connectivity index is 1.44. The standard InChI is InChI=1S/C49H51ClF10N7O11PS2/c1-44(2,3)77-79(70,78-45(4,5)6)76-24-75-43(69)67(81(10,73)74)42-37-33(50)14-13-30(39(37)66(64-42)23-47(53,54)55)29-12-11-28(15-16-46(7,8)80(9,71)72)61-38(29)34(19-25-17-26(51)20-27(52)18-25)62-35(68)22-65-41-36(40(63-65)49(58,59)60)31-21-32(31)48(41,56)57/h11-14,17-18,20,31-32,34H,19,21-24H2,1-10H3,(H,62,68)/t31-,32+,34-/m0/s1. The first-order valence-electron chi connectivity index (χ1n) is 23.9. The van der Waals surface area contributed by atoms with Gasteiger partial charge in [0.15, 0.2) is 21.3 Å². The topological polar surface area (TPSA) is 220 Å². The number of aromatic nitrogens is 5. The third-order valence-corrected chi connectivity index (χ3v) is 17.4. The minimum atomic E-state index is -5.25. The van der Waals surface area contributed by atoms with Crippen molar-refractivity contribution in [1.29, 1.82) is 0 Å². The summed E-state index contributed by atoms with van der Waals surface area (Å²) >= 11 is 6.68. The summed E-state index contributed by atoms with van der Waals surface area (Å²) in [4.78, 5) is 32.7. The number of carbonyl (C=O) groups excluding carboxylic acids is 2. The van der Waals surface area contributed by atoms with Crippen molar-refractivity contribution in [3.05, 3.63) is 93.0 Å². The Kier molecular flexibility index (Phi) is 16.6. The highest BCUT2D eigenvalue weighted by Crippen LogP contribution is 2.68. The number of sulfonamides is 1. The number of nitrogens with zero attached hydrogens (tertiary/aromatic N) is 6. The fourth-order valence-electron chi connectivity index (χ4n) is 8.72. The number of amides is 2. The molecule has 0 saturated heterocycles. The van der Waals surface area contributed by atoms with Crippen LogP contribution in [0.3, 0.4) is 0 Å². The molecule has 0 radical (unpaired) electrons. The van der Waals surface area contributed by atoms with Gasteiger partial charge in [0, 0.05) is 34.9 Å². The van der Waals surface area contributed by atoms with Crippen LogP contribution in [0.2, 0.25) is 5.02 Å². The lowest BCUT2D eigenvalue weighted by atomic mass is 9.93. The second kappa shape index (κ2) is 21.4. The van der Waals surface area contributed by atoms with E-state index in [-0.39, 0.29) is 36.9 Å². The molecule has 7 rings (SSSR count). The maximum absolute atomic E-state index is 15.7. The van der Waals surface area contributed by atoms with Gasteiger partial charge < -0.3 is 10.1 Å². The van der Waals surface area contributed by atoms with Crippen molar-refractivity contribution in [1.82, 2.24) is 29.9 Å². The molecule has 3 aromatic heterocycles. The van der Waals surface area contributed by atoms with Crippen LogP contribution in [0.1, 0.15) is 108 Å². The zero-order chi connectivity index (χ0) is 60.8. The van der Waals surface area contributed by atoms with Crippen LogP contribution in [0.4, 0.5) is 54.5 Å². The van der Waals surface area contributed by atoms with E-state index in [1.54, 1.807) is 0 Å². The van der Waals surface area contributed by atoms with Crippen LogP contribution in [0.15, 0.2) is 42.5 Å². The largest absolute Gasteiger partial charge is 0.478 e. The molecular weight excluding hydrogens is 1180 g/mol. The van der Waals surface area contributed by atoms with Crippen LogP contribution >= 0.6 is 19.4 Å². The third-order valence-electron chi connectivity index (χ3n) is 12.2. The number of nitrogens with one attached hydrogen (secondary N) is 1. The second-order valence-electron chi connectivity index (χ2n) is 21.6. The highest BCUT2D eigenvalue weighted by atomic mass is 35.5. The number of hydrogen-bond acceptors (Lipinski definition) is 14. The average molecular weight is 1230 g/mol. The molecule has 2 aliphatic rings. The van der Waals surface area contributed by atoms with Gasteiger partial charge in [0.25, 0.3) is 5.92 Å². The quantitative estimate of drug-likeness (QED) is 0.0420. The monoisotopic (exact) mass is 1230 g/mol. The number of rotatable bonds is 16. The van der Waals surface area contributed by atoms with E-state index >= 15 is 8.78 Å². The number of fused-ring (bicyclic) bond motifs is 4. The molecule has 2 aromatic carbocycles. The van der Waals surface area contributed by atoms with Gasteiger partial charge in [0.2, 0.25) is 22.7 Å². The summed E-state index contributed by atoms with van der Waals surface area (Å²) in [6.45, 7) is 6.49. The molecule has 1 fully saturated rings. The van der Waals surface area contributed by atoms with Crippen LogP contribution in [0.5, 0.6) is 0 Å². The van der Waals surface area contributed by atoms with Crippen molar-refractivity contribution < 1.29 is 93.2 Å². The van der Waals surface area contributed by atoms with E-state index in [1.807, 2.05) is 0 Å². The number of hydrogen-bond donors (Lipinski definition) is 1. The molecule has 0 unspecified atom stereocenters. The van der Waals surface area contributed by atoms with Crippen LogP contribution in [-0.4, -0.2) is 94.8 Å². The Morgan fingerprint density at radius 3 is 2.02 bits per heavy atom. The molecule has 0 aliphatic heterocycles. The van der Waals surface area contributed by atoms with Gasteiger partial charge in [-0.25, -0.2) is 44.5 Å². The molecular formula is C49H51ClF10N7O11PS2. The lowest BCUT2D eigenvalue weighted by Crippen LogP contribution is -2.37. The normalized spacial score (nSPS) is 17.0. The molecule has 0 spiro atoms. The molecule has 81 heavy (non-hydrogen) atoms. The number of alkyl halides is 8. The van der Waals surface area contributed by atoms with E-state index in [4.69, 9.17) is 29.9 Å². The number of benzene rings is 2. The smallest absolute Gasteiger partial charge is 0.421 e. The number of pyridine rings is 1. The number of carbonyl (C=O) groups is 2. The molecule has 2 amide bonds. The molecule has 2 aliphatic carbocycles. The van der Waals surface area contributed by atoms with Crippen molar-refractivity contribution in [2.24, 2.45) is 5.92 Å². The predicted molar refractivity (Wildman–Crippen MR) is 272 cm³/mol. The van der Waals surface area contributed by atoms with Gasteiger partial charge in [-0.1, -0.05) is 23.6 Å². The van der Waals surface area contributed by atoms with Gasteiger partial charge in [-0.05, 0) is 116 Å². The summed E-state index contributed by atoms with van der Waals surface area (Å²) in [7, 11) is -13.7.